The smallest absolute Gasteiger partial charge is 0.306 e. The molecule has 1 aliphatic rings. The molecule has 0 aromatic rings. The van der Waals surface area contributed by atoms with Crippen LogP contribution in [0.3, 0.4) is 0 Å². The summed E-state index contributed by atoms with van der Waals surface area (Å²) in [5.41, 5.74) is 0. The molecule has 73 heavy (non-hydrogen) atoms. The number of esters is 1. The van der Waals surface area contributed by atoms with Crippen molar-refractivity contribution >= 4 is 11.9 Å². The third-order valence-corrected chi connectivity index (χ3v) is 12.2. The molecule has 0 saturated carbocycles. The minimum Gasteiger partial charge on any atom is -0.454 e. The maximum Gasteiger partial charge on any atom is 0.306 e. The van der Waals surface area contributed by atoms with E-state index in [9.17, 15) is 35.1 Å². The molecular weight excluding hydrogens is 919 g/mol. The van der Waals surface area contributed by atoms with Crippen LogP contribution in [0.2, 0.25) is 0 Å². The summed E-state index contributed by atoms with van der Waals surface area (Å²) in [5.74, 6) is -1.29. The van der Waals surface area contributed by atoms with Crippen molar-refractivity contribution in [3.63, 3.8) is 0 Å². The monoisotopic (exact) mass is 1020 g/mol. The number of aliphatic hydroxyl groups is 5. The zero-order valence-electron chi connectivity index (χ0n) is 45.2. The van der Waals surface area contributed by atoms with Crippen molar-refractivity contribution in [2.45, 2.75) is 230 Å². The molecule has 8 unspecified atom stereocenters. The average molecular weight is 1020 g/mol. The lowest BCUT2D eigenvalue weighted by atomic mass is 9.99. The first-order valence-corrected chi connectivity index (χ1v) is 28.0. The number of allylic oxidation sites excluding steroid dienone is 21. The van der Waals surface area contributed by atoms with E-state index in [0.29, 0.717) is 12.8 Å². The van der Waals surface area contributed by atoms with E-state index in [-0.39, 0.29) is 19.4 Å². The molecule has 1 amide bonds. The van der Waals surface area contributed by atoms with E-state index < -0.39 is 67.4 Å². The van der Waals surface area contributed by atoms with Gasteiger partial charge in [0.05, 0.1) is 25.4 Å². The molecule has 6 N–H and O–H groups in total. The van der Waals surface area contributed by atoms with Crippen LogP contribution in [-0.2, 0) is 23.8 Å². The van der Waals surface area contributed by atoms with Gasteiger partial charge in [0.15, 0.2) is 12.4 Å². The SMILES string of the molecule is CC/C=C\C/C=C\C/C=C\C/C=C\C/C=C\CCCCCC(=O)OC1C(OCC(NC(=O)C(O)CCCC/C=C/C=C\C=C/C=C/C=C/CC)C(O)/C=C/CCCCCCCCCCC)OC(CO)C(O)C1O. The van der Waals surface area contributed by atoms with Gasteiger partial charge in [0.25, 0.3) is 0 Å². The van der Waals surface area contributed by atoms with Crippen LogP contribution in [0.1, 0.15) is 181 Å². The maximum absolute atomic E-state index is 13.3. The summed E-state index contributed by atoms with van der Waals surface area (Å²) in [6.07, 6.45) is 57.8. The van der Waals surface area contributed by atoms with Crippen molar-refractivity contribution in [1.29, 1.82) is 0 Å². The van der Waals surface area contributed by atoms with Gasteiger partial charge in [0.2, 0.25) is 5.91 Å². The second kappa shape index (κ2) is 48.7. The molecule has 1 saturated heterocycles. The summed E-state index contributed by atoms with van der Waals surface area (Å²) in [6, 6.07) is -1.06. The van der Waals surface area contributed by atoms with Crippen LogP contribution >= 0.6 is 0 Å². The zero-order chi connectivity index (χ0) is 53.3. The van der Waals surface area contributed by atoms with Gasteiger partial charge in [-0.3, -0.25) is 9.59 Å². The molecule has 8 atom stereocenters. The number of unbranched alkanes of at least 4 members (excludes halogenated alkanes) is 14. The number of hydrogen-bond acceptors (Lipinski definition) is 10. The van der Waals surface area contributed by atoms with Gasteiger partial charge in [0, 0.05) is 6.42 Å². The fourth-order valence-electron chi connectivity index (χ4n) is 7.75. The van der Waals surface area contributed by atoms with E-state index in [0.717, 1.165) is 96.3 Å². The minimum atomic E-state index is -1.64. The van der Waals surface area contributed by atoms with Gasteiger partial charge in [-0.15, -0.1) is 0 Å². The Hall–Kier alpha value is -4.20. The first-order valence-electron chi connectivity index (χ1n) is 28.0. The third-order valence-electron chi connectivity index (χ3n) is 12.2. The molecule has 1 heterocycles. The van der Waals surface area contributed by atoms with Crippen LogP contribution in [0.4, 0.5) is 0 Å². The topological polar surface area (TPSA) is 175 Å². The van der Waals surface area contributed by atoms with Gasteiger partial charge < -0.3 is 45.1 Å². The molecule has 0 spiro atoms. The van der Waals surface area contributed by atoms with E-state index >= 15 is 0 Å². The first kappa shape index (κ1) is 66.8. The van der Waals surface area contributed by atoms with Crippen LogP contribution in [-0.4, -0.2) is 99.6 Å². The Balaban J connectivity index is 2.78. The Kier molecular flexibility index (Phi) is 44.6. The first-order chi connectivity index (χ1) is 35.7. The molecule has 0 radical (unpaired) electrons. The molecule has 11 nitrogen and oxygen atoms in total. The standard InChI is InChI=1S/C62H99NO10/c1-4-7-10-13-16-19-22-24-26-27-28-29-30-32-35-38-41-44-47-50-57(67)73-60-59(69)58(68)56(51-64)72-62(60)71-52-53(54(65)48-45-42-39-36-33-21-18-15-12-9-6-3)63-61(70)55(66)49-46-43-40-37-34-31-25-23-20-17-14-11-8-5-2/h7-8,10-11,14,16-17,19-20,23-26,28-29,31-32,34-35,37,45,48,53-56,58-60,62,64-66,68-69H,4-6,9,12-13,15,18,21-22,27,30,33,36,38-44,46-47,49-52H2,1-3H3,(H,63,70)/b10-7-,11-8+,17-14+,19-16-,23-20-,26-24-,29-28-,31-25-,35-32-,37-34+,48-45+. The maximum atomic E-state index is 13.3. The molecule has 0 bridgehead atoms. The quantitative estimate of drug-likeness (QED) is 0.0149. The number of nitrogens with one attached hydrogen (secondary N) is 1. The van der Waals surface area contributed by atoms with Crippen LogP contribution in [0, 0.1) is 0 Å². The Morgan fingerprint density at radius 3 is 1.64 bits per heavy atom. The number of carbonyl (C=O) groups is 2. The van der Waals surface area contributed by atoms with Gasteiger partial charge in [-0.1, -0.05) is 219 Å². The molecule has 0 aromatic carbocycles. The number of carbonyl (C=O) groups excluding carboxylic acids is 2. The Morgan fingerprint density at radius 2 is 1.05 bits per heavy atom. The van der Waals surface area contributed by atoms with Crippen LogP contribution in [0.5, 0.6) is 0 Å². The van der Waals surface area contributed by atoms with E-state index in [1.807, 2.05) is 60.8 Å². The lowest BCUT2D eigenvalue weighted by Crippen LogP contribution is -2.61. The number of hydrogen-bond donors (Lipinski definition) is 6. The molecular formula is C62H99NO10. The predicted molar refractivity (Wildman–Crippen MR) is 301 cm³/mol. The number of ether oxygens (including phenoxy) is 3. The highest BCUT2D eigenvalue weighted by Gasteiger charge is 2.47. The van der Waals surface area contributed by atoms with E-state index in [4.69, 9.17) is 14.2 Å². The van der Waals surface area contributed by atoms with Crippen molar-refractivity contribution < 1.29 is 49.3 Å². The highest BCUT2D eigenvalue weighted by atomic mass is 16.7. The molecule has 1 rings (SSSR count). The fourth-order valence-corrected chi connectivity index (χ4v) is 7.75. The van der Waals surface area contributed by atoms with Crippen molar-refractivity contribution in [3.8, 4) is 0 Å². The van der Waals surface area contributed by atoms with Gasteiger partial charge in [-0.25, -0.2) is 0 Å². The predicted octanol–water partition coefficient (Wildman–Crippen LogP) is 12.5. The van der Waals surface area contributed by atoms with Crippen LogP contribution in [0.15, 0.2) is 134 Å². The number of rotatable bonds is 44. The van der Waals surface area contributed by atoms with Crippen molar-refractivity contribution in [2.75, 3.05) is 13.2 Å². The van der Waals surface area contributed by atoms with Crippen molar-refractivity contribution in [1.82, 2.24) is 5.32 Å². The van der Waals surface area contributed by atoms with Crippen LogP contribution < -0.4 is 5.32 Å². The number of amides is 1. The molecule has 412 valence electrons. The van der Waals surface area contributed by atoms with Crippen molar-refractivity contribution in [3.05, 3.63) is 134 Å². The normalized spacial score (nSPS) is 20.5. The Morgan fingerprint density at radius 1 is 0.562 bits per heavy atom. The van der Waals surface area contributed by atoms with Gasteiger partial charge in [0.1, 0.15) is 24.4 Å². The van der Waals surface area contributed by atoms with Gasteiger partial charge in [-0.2, -0.15) is 0 Å². The summed E-state index contributed by atoms with van der Waals surface area (Å²) in [4.78, 5) is 26.4. The highest BCUT2D eigenvalue weighted by molar-refractivity contribution is 5.80. The summed E-state index contributed by atoms with van der Waals surface area (Å²) >= 11 is 0. The lowest BCUT2D eigenvalue weighted by Gasteiger charge is -2.41. The largest absolute Gasteiger partial charge is 0.454 e. The summed E-state index contributed by atoms with van der Waals surface area (Å²) in [6.45, 7) is 5.43. The van der Waals surface area contributed by atoms with Crippen molar-refractivity contribution in [2.24, 2.45) is 0 Å². The molecule has 11 heteroatoms. The fraction of sp³-hybridized carbons (Fsp3) is 0.613. The third kappa shape index (κ3) is 37.2. The number of aliphatic hydroxyl groups excluding tert-OH is 5. The second-order valence-electron chi connectivity index (χ2n) is 18.7. The van der Waals surface area contributed by atoms with E-state index in [2.05, 4.69) is 92.9 Å². The van der Waals surface area contributed by atoms with Crippen LogP contribution in [0.25, 0.3) is 0 Å². The second-order valence-corrected chi connectivity index (χ2v) is 18.7. The van der Waals surface area contributed by atoms with E-state index in [1.54, 1.807) is 6.08 Å². The summed E-state index contributed by atoms with van der Waals surface area (Å²) in [7, 11) is 0. The lowest BCUT2D eigenvalue weighted by molar-refractivity contribution is -0.305. The Bertz CT molecular complexity index is 1690. The Labute approximate surface area is 442 Å². The van der Waals surface area contributed by atoms with Gasteiger partial charge >= 0.3 is 5.97 Å². The highest BCUT2D eigenvalue weighted by Crippen LogP contribution is 2.26. The van der Waals surface area contributed by atoms with E-state index in [1.165, 1.54) is 38.5 Å². The molecule has 1 fully saturated rings. The summed E-state index contributed by atoms with van der Waals surface area (Å²) in [5, 5.41) is 56.7. The minimum absolute atomic E-state index is 0.0702. The summed E-state index contributed by atoms with van der Waals surface area (Å²) < 4.78 is 17.5. The zero-order valence-corrected chi connectivity index (χ0v) is 45.2. The average Bonchev–Trinajstić information content (AvgIpc) is 3.39. The molecule has 0 aromatic heterocycles. The van der Waals surface area contributed by atoms with Gasteiger partial charge in [-0.05, 0) is 89.9 Å². The molecule has 0 aliphatic carbocycles. The molecule has 1 aliphatic heterocycles.